The van der Waals surface area contributed by atoms with Gasteiger partial charge in [-0.05, 0) is 75.8 Å². The second-order valence-electron chi connectivity index (χ2n) is 7.98. The summed E-state index contributed by atoms with van der Waals surface area (Å²) in [5.74, 6) is 0. The van der Waals surface area contributed by atoms with Gasteiger partial charge in [0.2, 0.25) is 0 Å². The van der Waals surface area contributed by atoms with Crippen molar-refractivity contribution in [2.45, 2.75) is 0 Å². The lowest BCUT2D eigenvalue weighted by Gasteiger charge is -2.09. The lowest BCUT2D eigenvalue weighted by Crippen LogP contribution is -1.83. The summed E-state index contributed by atoms with van der Waals surface area (Å²) in [6.45, 7) is 0. The minimum Gasteiger partial charge on any atom is -0.456 e. The van der Waals surface area contributed by atoms with E-state index in [1.165, 1.54) is 33.4 Å². The summed E-state index contributed by atoms with van der Waals surface area (Å²) in [6, 6.07) is 40.6. The monoisotopic (exact) mass is 474 g/mol. The minimum atomic E-state index is 0.909. The van der Waals surface area contributed by atoms with Crippen LogP contribution in [0.1, 0.15) is 0 Å². The fraction of sp³-hybridized carbons (Fsp3) is 0. The minimum absolute atomic E-state index is 0.909. The smallest absolute Gasteiger partial charge is 0.135 e. The first-order valence-corrected chi connectivity index (χ1v) is 11.4. The van der Waals surface area contributed by atoms with E-state index in [0.29, 0.717) is 0 Å². The molecule has 0 atom stereocenters. The first-order chi connectivity index (χ1) is 15.7. The lowest BCUT2D eigenvalue weighted by molar-refractivity contribution is 0.669. The molecule has 0 aliphatic rings. The molecule has 0 spiro atoms. The Hall–Kier alpha value is -3.62. The third-order valence-electron chi connectivity index (χ3n) is 5.93. The van der Waals surface area contributed by atoms with E-state index in [-0.39, 0.29) is 0 Å². The Labute approximate surface area is 195 Å². The Morgan fingerprint density at radius 2 is 0.906 bits per heavy atom. The van der Waals surface area contributed by atoms with E-state index in [0.717, 1.165) is 26.4 Å². The summed E-state index contributed by atoms with van der Waals surface area (Å²) < 4.78 is 7.08. The predicted molar refractivity (Wildman–Crippen MR) is 138 cm³/mol. The second-order valence-corrected chi connectivity index (χ2v) is 8.90. The van der Waals surface area contributed by atoms with Crippen LogP contribution in [0.2, 0.25) is 0 Å². The Morgan fingerprint density at radius 3 is 1.56 bits per heavy atom. The molecule has 5 aromatic carbocycles. The van der Waals surface area contributed by atoms with Crippen molar-refractivity contribution in [1.29, 1.82) is 0 Å². The molecule has 6 rings (SSSR count). The Balaban J connectivity index is 1.43. The van der Waals surface area contributed by atoms with Crippen molar-refractivity contribution in [3.63, 3.8) is 0 Å². The van der Waals surface area contributed by atoms with E-state index in [9.17, 15) is 0 Å². The van der Waals surface area contributed by atoms with Crippen LogP contribution in [0.15, 0.2) is 124 Å². The number of rotatable bonds is 3. The molecule has 0 bridgehead atoms. The third-order valence-corrected chi connectivity index (χ3v) is 6.42. The van der Waals surface area contributed by atoms with Gasteiger partial charge in [-0.2, -0.15) is 0 Å². The van der Waals surface area contributed by atoms with E-state index < -0.39 is 0 Å². The zero-order valence-electron chi connectivity index (χ0n) is 17.3. The van der Waals surface area contributed by atoms with Gasteiger partial charge in [0.25, 0.3) is 0 Å². The number of hydrogen-bond donors (Lipinski definition) is 0. The predicted octanol–water partition coefficient (Wildman–Crippen LogP) is 9.35. The molecule has 0 saturated heterocycles. The van der Waals surface area contributed by atoms with Crippen molar-refractivity contribution in [3.8, 4) is 33.4 Å². The largest absolute Gasteiger partial charge is 0.456 e. The van der Waals surface area contributed by atoms with Crippen LogP contribution >= 0.6 is 15.9 Å². The van der Waals surface area contributed by atoms with Gasteiger partial charge in [0, 0.05) is 15.2 Å². The summed E-state index contributed by atoms with van der Waals surface area (Å²) in [5.41, 5.74) is 9.08. The lowest BCUT2D eigenvalue weighted by atomic mass is 9.96. The molecule has 1 aromatic heterocycles. The van der Waals surface area contributed by atoms with Crippen LogP contribution in [0, 0.1) is 0 Å². The van der Waals surface area contributed by atoms with Crippen molar-refractivity contribution in [2.75, 3.05) is 0 Å². The zero-order chi connectivity index (χ0) is 21.5. The molecule has 0 aliphatic heterocycles. The van der Waals surface area contributed by atoms with Gasteiger partial charge in [-0.1, -0.05) is 88.7 Å². The van der Waals surface area contributed by atoms with Crippen LogP contribution in [0.3, 0.4) is 0 Å². The van der Waals surface area contributed by atoms with Gasteiger partial charge in [0.15, 0.2) is 0 Å². The number of halogens is 1. The van der Waals surface area contributed by atoms with Gasteiger partial charge in [-0.3, -0.25) is 0 Å². The average Bonchev–Trinajstić information content (AvgIpc) is 3.22. The van der Waals surface area contributed by atoms with Crippen LogP contribution in [-0.4, -0.2) is 0 Å². The van der Waals surface area contributed by atoms with Crippen molar-refractivity contribution in [1.82, 2.24) is 0 Å². The van der Waals surface area contributed by atoms with Crippen LogP contribution in [0.25, 0.3) is 55.3 Å². The molecular formula is C30H19BrO. The van der Waals surface area contributed by atoms with Crippen LogP contribution in [-0.2, 0) is 0 Å². The number of hydrogen-bond acceptors (Lipinski definition) is 1. The molecule has 1 nitrogen and oxygen atoms in total. The Morgan fingerprint density at radius 1 is 0.406 bits per heavy atom. The Bertz CT molecular complexity index is 1580. The SMILES string of the molecule is Brc1ccc2oc3ccc(-c4cccc(-c5cccc(-c6ccccc6)c5)c4)cc3c2c1. The molecule has 6 aromatic rings. The van der Waals surface area contributed by atoms with Crippen molar-refractivity contribution >= 4 is 37.9 Å². The van der Waals surface area contributed by atoms with Crippen molar-refractivity contribution in [3.05, 3.63) is 120 Å². The molecular weight excluding hydrogens is 456 g/mol. The second kappa shape index (κ2) is 7.81. The Kier molecular flexibility index (Phi) is 4.66. The molecule has 1 heterocycles. The molecule has 32 heavy (non-hydrogen) atoms. The maximum atomic E-state index is 6.03. The van der Waals surface area contributed by atoms with E-state index in [2.05, 4.69) is 119 Å². The first kappa shape index (κ1) is 19.1. The van der Waals surface area contributed by atoms with Gasteiger partial charge in [0.05, 0.1) is 0 Å². The van der Waals surface area contributed by atoms with Crippen LogP contribution in [0.4, 0.5) is 0 Å². The van der Waals surface area contributed by atoms with E-state index in [1.54, 1.807) is 0 Å². The van der Waals surface area contributed by atoms with Gasteiger partial charge in [-0.25, -0.2) is 0 Å². The molecule has 0 amide bonds. The number of fused-ring (bicyclic) bond motifs is 3. The molecule has 0 fully saturated rings. The maximum Gasteiger partial charge on any atom is 0.135 e. The van der Waals surface area contributed by atoms with Crippen LogP contribution < -0.4 is 0 Å². The molecule has 152 valence electrons. The molecule has 2 heteroatoms. The van der Waals surface area contributed by atoms with Crippen LogP contribution in [0.5, 0.6) is 0 Å². The molecule has 0 aliphatic carbocycles. The zero-order valence-corrected chi connectivity index (χ0v) is 18.8. The van der Waals surface area contributed by atoms with Gasteiger partial charge >= 0.3 is 0 Å². The molecule has 0 radical (unpaired) electrons. The highest BCUT2D eigenvalue weighted by Crippen LogP contribution is 2.35. The van der Waals surface area contributed by atoms with Crippen molar-refractivity contribution < 1.29 is 4.42 Å². The fourth-order valence-corrected chi connectivity index (χ4v) is 4.68. The quantitative estimate of drug-likeness (QED) is 0.249. The fourth-order valence-electron chi connectivity index (χ4n) is 4.32. The van der Waals surface area contributed by atoms with Crippen molar-refractivity contribution in [2.24, 2.45) is 0 Å². The van der Waals surface area contributed by atoms with E-state index in [1.807, 2.05) is 12.1 Å². The molecule has 0 N–H and O–H groups in total. The summed E-state index contributed by atoms with van der Waals surface area (Å²) in [5, 5.41) is 2.26. The number of benzene rings is 5. The van der Waals surface area contributed by atoms with Gasteiger partial charge in [-0.15, -0.1) is 0 Å². The first-order valence-electron chi connectivity index (χ1n) is 10.6. The van der Waals surface area contributed by atoms with E-state index >= 15 is 0 Å². The third kappa shape index (κ3) is 3.43. The topological polar surface area (TPSA) is 13.1 Å². The summed E-state index contributed by atoms with van der Waals surface area (Å²) in [6.07, 6.45) is 0. The van der Waals surface area contributed by atoms with Gasteiger partial charge in [0.1, 0.15) is 11.2 Å². The highest BCUT2D eigenvalue weighted by Gasteiger charge is 2.10. The normalized spacial score (nSPS) is 11.3. The highest BCUT2D eigenvalue weighted by molar-refractivity contribution is 9.10. The summed E-state index contributed by atoms with van der Waals surface area (Å²) in [4.78, 5) is 0. The van der Waals surface area contributed by atoms with E-state index in [4.69, 9.17) is 4.42 Å². The van der Waals surface area contributed by atoms with Gasteiger partial charge < -0.3 is 4.42 Å². The average molecular weight is 475 g/mol. The maximum absolute atomic E-state index is 6.03. The summed E-state index contributed by atoms with van der Waals surface area (Å²) >= 11 is 3.58. The number of furan rings is 1. The standard InChI is InChI=1S/C30H19BrO/c31-26-13-15-30-28(19-26)27-18-25(12-14-29(27)32-30)24-11-5-10-23(17-24)22-9-4-8-21(16-22)20-6-2-1-3-7-20/h1-19H. The summed E-state index contributed by atoms with van der Waals surface area (Å²) in [7, 11) is 0. The molecule has 0 unspecified atom stereocenters. The highest BCUT2D eigenvalue weighted by atomic mass is 79.9. The molecule has 0 saturated carbocycles.